The van der Waals surface area contributed by atoms with E-state index in [-0.39, 0.29) is 38.9 Å². The maximum atomic E-state index is 13.5. The molecule has 0 spiro atoms. The highest BCUT2D eigenvalue weighted by Gasteiger charge is 2.31. The molecule has 4 aromatic rings. The number of anilines is 2. The first kappa shape index (κ1) is 34.7. The van der Waals surface area contributed by atoms with Crippen molar-refractivity contribution in [1.82, 2.24) is 5.32 Å². The summed E-state index contributed by atoms with van der Waals surface area (Å²) < 4.78 is 39.6. The van der Waals surface area contributed by atoms with Crippen molar-refractivity contribution in [1.29, 1.82) is 0 Å². The van der Waals surface area contributed by atoms with Gasteiger partial charge in [0.25, 0.3) is 17.5 Å². The van der Waals surface area contributed by atoms with E-state index in [1.807, 2.05) is 0 Å². The van der Waals surface area contributed by atoms with Crippen molar-refractivity contribution < 1.29 is 32.5 Å². The summed E-state index contributed by atoms with van der Waals surface area (Å²) in [4.78, 5) is 51.0. The SMILES string of the molecule is CCC(Sc1cccc(NC(=O)/C(=C\c2ccccc2[N+](=O)[O-])NC(=O)c2ccccc2)c1)C(=O)Nc1cc(C(F)(F)F)ccc1Cl. The normalized spacial score (nSPS) is 12.1. The molecule has 0 aliphatic carbocycles. The van der Waals surface area contributed by atoms with Gasteiger partial charge < -0.3 is 16.0 Å². The Kier molecular flexibility index (Phi) is 11.4. The first-order valence-electron chi connectivity index (χ1n) is 13.9. The molecular formula is C33H26ClF3N4O5S. The van der Waals surface area contributed by atoms with Crippen LogP contribution in [0.1, 0.15) is 34.8 Å². The molecular weight excluding hydrogens is 657 g/mol. The van der Waals surface area contributed by atoms with Crippen LogP contribution >= 0.6 is 23.4 Å². The molecule has 9 nitrogen and oxygen atoms in total. The number of alkyl halides is 3. The van der Waals surface area contributed by atoms with Crippen molar-refractivity contribution in [2.75, 3.05) is 10.6 Å². The number of carbonyl (C=O) groups excluding carboxylic acids is 3. The third kappa shape index (κ3) is 9.44. The van der Waals surface area contributed by atoms with Crippen LogP contribution in [-0.2, 0) is 15.8 Å². The third-order valence-electron chi connectivity index (χ3n) is 6.55. The molecule has 0 saturated heterocycles. The van der Waals surface area contributed by atoms with Crippen LogP contribution in [0.25, 0.3) is 6.08 Å². The minimum atomic E-state index is -4.62. The van der Waals surface area contributed by atoms with Crippen molar-refractivity contribution in [2.45, 2.75) is 29.7 Å². The van der Waals surface area contributed by atoms with E-state index in [4.69, 9.17) is 11.6 Å². The smallest absolute Gasteiger partial charge is 0.324 e. The minimum Gasteiger partial charge on any atom is -0.324 e. The molecule has 0 bridgehead atoms. The van der Waals surface area contributed by atoms with E-state index in [0.29, 0.717) is 11.3 Å². The minimum absolute atomic E-state index is 0.0556. The lowest BCUT2D eigenvalue weighted by Gasteiger charge is -2.17. The van der Waals surface area contributed by atoms with Gasteiger partial charge in [0.15, 0.2) is 0 Å². The molecule has 0 aliphatic rings. The number of nitrogens with one attached hydrogen (secondary N) is 3. The number of para-hydroxylation sites is 1. The lowest BCUT2D eigenvalue weighted by molar-refractivity contribution is -0.385. The van der Waals surface area contributed by atoms with Gasteiger partial charge in [0.2, 0.25) is 5.91 Å². The Bertz CT molecular complexity index is 1840. The van der Waals surface area contributed by atoms with Gasteiger partial charge in [-0.05, 0) is 67.1 Å². The summed E-state index contributed by atoms with van der Waals surface area (Å²) in [6, 6.07) is 22.8. The zero-order chi connectivity index (χ0) is 34.1. The highest BCUT2D eigenvalue weighted by molar-refractivity contribution is 8.00. The van der Waals surface area contributed by atoms with Gasteiger partial charge in [-0.25, -0.2) is 0 Å². The molecule has 3 N–H and O–H groups in total. The van der Waals surface area contributed by atoms with Crippen molar-refractivity contribution in [3.8, 4) is 0 Å². The van der Waals surface area contributed by atoms with E-state index in [0.717, 1.165) is 30.0 Å². The van der Waals surface area contributed by atoms with Gasteiger partial charge in [0, 0.05) is 22.2 Å². The predicted octanol–water partition coefficient (Wildman–Crippen LogP) is 8.19. The highest BCUT2D eigenvalue weighted by atomic mass is 35.5. The molecule has 0 heterocycles. The van der Waals surface area contributed by atoms with Crippen LogP contribution in [0.2, 0.25) is 5.02 Å². The van der Waals surface area contributed by atoms with E-state index >= 15 is 0 Å². The number of hydrogen-bond acceptors (Lipinski definition) is 6. The van der Waals surface area contributed by atoms with E-state index in [2.05, 4.69) is 16.0 Å². The van der Waals surface area contributed by atoms with E-state index in [1.165, 1.54) is 36.4 Å². The van der Waals surface area contributed by atoms with Gasteiger partial charge in [-0.2, -0.15) is 13.2 Å². The lowest BCUT2D eigenvalue weighted by Crippen LogP contribution is -2.30. The van der Waals surface area contributed by atoms with Crippen LogP contribution in [0.5, 0.6) is 0 Å². The molecule has 0 saturated carbocycles. The van der Waals surface area contributed by atoms with Gasteiger partial charge >= 0.3 is 6.18 Å². The van der Waals surface area contributed by atoms with E-state index < -0.39 is 39.6 Å². The number of amides is 3. The Labute approximate surface area is 276 Å². The van der Waals surface area contributed by atoms with Crippen LogP contribution in [0.15, 0.2) is 108 Å². The van der Waals surface area contributed by atoms with Crippen molar-refractivity contribution in [3.63, 3.8) is 0 Å². The topological polar surface area (TPSA) is 130 Å². The van der Waals surface area contributed by atoms with Crippen LogP contribution in [-0.4, -0.2) is 27.9 Å². The number of thioether (sulfide) groups is 1. The monoisotopic (exact) mass is 682 g/mol. The van der Waals surface area contributed by atoms with Gasteiger partial charge in [-0.3, -0.25) is 24.5 Å². The molecule has 1 unspecified atom stereocenters. The summed E-state index contributed by atoms with van der Waals surface area (Å²) in [5.41, 5.74) is -1.08. The highest BCUT2D eigenvalue weighted by Crippen LogP contribution is 2.35. The van der Waals surface area contributed by atoms with Gasteiger partial charge in [-0.1, -0.05) is 54.9 Å². The fourth-order valence-electron chi connectivity index (χ4n) is 4.22. The van der Waals surface area contributed by atoms with Crippen LogP contribution in [0.4, 0.5) is 30.2 Å². The second kappa shape index (κ2) is 15.4. The Morgan fingerprint density at radius 3 is 2.32 bits per heavy atom. The fourth-order valence-corrected chi connectivity index (χ4v) is 5.39. The first-order valence-corrected chi connectivity index (χ1v) is 15.2. The molecule has 14 heteroatoms. The summed E-state index contributed by atoms with van der Waals surface area (Å²) in [5.74, 6) is -1.97. The molecule has 4 aromatic carbocycles. The Morgan fingerprint density at radius 2 is 1.64 bits per heavy atom. The Balaban J connectivity index is 1.54. The fraction of sp³-hybridized carbons (Fsp3) is 0.121. The average molecular weight is 683 g/mol. The molecule has 3 amide bonds. The van der Waals surface area contributed by atoms with Crippen LogP contribution in [0.3, 0.4) is 0 Å². The van der Waals surface area contributed by atoms with Gasteiger partial charge in [0.1, 0.15) is 5.70 Å². The van der Waals surface area contributed by atoms with Crippen molar-refractivity contribution in [2.24, 2.45) is 0 Å². The Morgan fingerprint density at radius 1 is 0.936 bits per heavy atom. The van der Waals surface area contributed by atoms with E-state index in [9.17, 15) is 37.7 Å². The second-order valence-electron chi connectivity index (χ2n) is 9.87. The summed E-state index contributed by atoms with van der Waals surface area (Å²) in [6.07, 6.45) is -3.12. The zero-order valence-corrected chi connectivity index (χ0v) is 26.1. The Hall–Kier alpha value is -5.14. The number of benzene rings is 4. The van der Waals surface area contributed by atoms with Crippen LogP contribution < -0.4 is 16.0 Å². The number of nitro benzene ring substituents is 1. The number of hydrogen-bond donors (Lipinski definition) is 3. The first-order chi connectivity index (χ1) is 22.3. The number of halogens is 4. The number of nitrogens with zero attached hydrogens (tertiary/aromatic N) is 1. The van der Waals surface area contributed by atoms with Crippen molar-refractivity contribution >= 4 is 64.2 Å². The molecule has 4 rings (SSSR count). The molecule has 47 heavy (non-hydrogen) atoms. The van der Waals surface area contributed by atoms with Gasteiger partial charge in [-0.15, -0.1) is 11.8 Å². The van der Waals surface area contributed by atoms with Crippen molar-refractivity contribution in [3.05, 3.63) is 135 Å². The van der Waals surface area contributed by atoms with Gasteiger partial charge in [0.05, 0.1) is 32.0 Å². The maximum absolute atomic E-state index is 13.5. The molecule has 0 aliphatic heterocycles. The lowest BCUT2D eigenvalue weighted by atomic mass is 10.1. The zero-order valence-electron chi connectivity index (χ0n) is 24.5. The molecule has 242 valence electrons. The number of carbonyl (C=O) groups is 3. The number of rotatable bonds is 11. The third-order valence-corrected chi connectivity index (χ3v) is 8.23. The average Bonchev–Trinajstić information content (AvgIpc) is 3.04. The molecule has 0 fully saturated rings. The summed E-state index contributed by atoms with van der Waals surface area (Å²) >= 11 is 7.15. The van der Waals surface area contributed by atoms with Crippen LogP contribution in [0, 0.1) is 10.1 Å². The molecule has 1 atom stereocenters. The predicted molar refractivity (Wildman–Crippen MR) is 175 cm³/mol. The second-order valence-corrected chi connectivity index (χ2v) is 11.6. The number of nitro groups is 1. The molecule has 0 aromatic heterocycles. The molecule has 0 radical (unpaired) electrons. The maximum Gasteiger partial charge on any atom is 0.416 e. The van der Waals surface area contributed by atoms with E-state index in [1.54, 1.807) is 55.5 Å². The summed E-state index contributed by atoms with van der Waals surface area (Å²) in [5, 5.41) is 18.4. The largest absolute Gasteiger partial charge is 0.416 e. The summed E-state index contributed by atoms with van der Waals surface area (Å²) in [6.45, 7) is 1.73. The quantitative estimate of drug-likeness (QED) is 0.0633. The summed E-state index contributed by atoms with van der Waals surface area (Å²) in [7, 11) is 0. The standard InChI is InChI=1S/C33H26ClF3N4O5S/c1-2-29(32(44)39-26-18-22(33(35,36)37)15-16-25(26)34)47-24-13-8-12-23(19-24)38-31(43)27(40-30(42)20-9-4-3-5-10-20)17-21-11-6-7-14-28(21)41(45)46/h3-19,29H,2H2,1H3,(H,38,43)(H,39,44)(H,40,42)/b27-17+.